The lowest BCUT2D eigenvalue weighted by Gasteiger charge is -2.14. The molecule has 0 atom stereocenters. The van der Waals surface area contributed by atoms with Crippen molar-refractivity contribution in [3.8, 4) is 28.5 Å². The normalized spacial score (nSPS) is 10.4. The molecule has 0 unspecified atom stereocenters. The topological polar surface area (TPSA) is 94.2 Å². The molecule has 0 saturated carbocycles. The number of nitrogens with zero attached hydrogens (tertiary/aromatic N) is 3. The Morgan fingerprint density at radius 2 is 1.67 bits per heavy atom. The maximum absolute atomic E-state index is 13.0. The van der Waals surface area contributed by atoms with Crippen LogP contribution in [-0.4, -0.2) is 36.1 Å². The maximum atomic E-state index is 13.0. The summed E-state index contributed by atoms with van der Waals surface area (Å²) < 4.78 is 11.0. The quantitative estimate of drug-likeness (QED) is 0.424. The summed E-state index contributed by atoms with van der Waals surface area (Å²) in [6, 6.07) is 20.6. The molecule has 1 heterocycles. The number of methoxy groups -OCH3 is 1. The summed E-state index contributed by atoms with van der Waals surface area (Å²) in [6.07, 6.45) is -0.0413. The molecule has 0 saturated heterocycles. The molecule has 3 rings (SSSR count). The number of rotatable bonds is 8. The molecule has 0 aliphatic rings. The SMILES string of the molecule is COCCOC(=O)CCn1nc(-c2ccccc2)c(-c2ccccc2)c(C#N)c1=O. The number of ether oxygens (including phenoxy) is 2. The summed E-state index contributed by atoms with van der Waals surface area (Å²) in [5, 5.41) is 14.3. The van der Waals surface area contributed by atoms with Gasteiger partial charge in [0.25, 0.3) is 5.56 Å². The molecule has 3 aromatic rings. The van der Waals surface area contributed by atoms with Gasteiger partial charge in [-0.25, -0.2) is 4.68 Å². The number of hydrogen-bond acceptors (Lipinski definition) is 6. The zero-order valence-corrected chi connectivity index (χ0v) is 16.6. The van der Waals surface area contributed by atoms with Gasteiger partial charge in [0.05, 0.1) is 19.6 Å². The molecule has 7 nitrogen and oxygen atoms in total. The largest absolute Gasteiger partial charge is 0.463 e. The van der Waals surface area contributed by atoms with Gasteiger partial charge in [0.15, 0.2) is 0 Å². The van der Waals surface area contributed by atoms with Crippen molar-refractivity contribution in [3.63, 3.8) is 0 Å². The molecule has 30 heavy (non-hydrogen) atoms. The Morgan fingerprint density at radius 1 is 1.03 bits per heavy atom. The Bertz CT molecular complexity index is 1100. The van der Waals surface area contributed by atoms with Gasteiger partial charge in [0.1, 0.15) is 23.9 Å². The summed E-state index contributed by atoms with van der Waals surface area (Å²) in [5.74, 6) is -0.465. The van der Waals surface area contributed by atoms with Crippen molar-refractivity contribution in [2.45, 2.75) is 13.0 Å². The van der Waals surface area contributed by atoms with Crippen molar-refractivity contribution in [1.82, 2.24) is 9.78 Å². The Kier molecular flexibility index (Phi) is 7.09. The maximum Gasteiger partial charge on any atom is 0.307 e. The van der Waals surface area contributed by atoms with Crippen molar-refractivity contribution in [1.29, 1.82) is 5.26 Å². The summed E-state index contributed by atoms with van der Waals surface area (Å²) in [4.78, 5) is 24.9. The molecule has 7 heteroatoms. The Labute approximate surface area is 174 Å². The van der Waals surface area contributed by atoms with Crippen molar-refractivity contribution in [2.75, 3.05) is 20.3 Å². The zero-order chi connectivity index (χ0) is 21.3. The number of aromatic nitrogens is 2. The fourth-order valence-electron chi connectivity index (χ4n) is 3.02. The molecule has 0 radical (unpaired) electrons. The summed E-state index contributed by atoms with van der Waals surface area (Å²) in [7, 11) is 1.51. The fourth-order valence-corrected chi connectivity index (χ4v) is 3.02. The van der Waals surface area contributed by atoms with Gasteiger partial charge in [0, 0.05) is 18.2 Å². The van der Waals surface area contributed by atoms with Crippen LogP contribution in [0.25, 0.3) is 22.4 Å². The molecule has 0 aliphatic carbocycles. The minimum absolute atomic E-state index is 0.00817. The standard InChI is InChI=1S/C23H21N3O4/c1-29-14-15-30-20(27)12-13-26-23(28)19(16-24)21(17-8-4-2-5-9-17)22(25-26)18-10-6-3-7-11-18/h2-11H,12-15H2,1H3. The number of carbonyl (C=O) groups is 1. The average Bonchev–Trinajstić information content (AvgIpc) is 2.79. The summed E-state index contributed by atoms with van der Waals surface area (Å²) in [5.41, 5.74) is 1.93. The van der Waals surface area contributed by atoms with E-state index in [2.05, 4.69) is 5.10 Å². The van der Waals surface area contributed by atoms with Crippen LogP contribution in [0.3, 0.4) is 0 Å². The van der Waals surface area contributed by atoms with Gasteiger partial charge in [-0.1, -0.05) is 60.7 Å². The highest BCUT2D eigenvalue weighted by atomic mass is 16.6. The van der Waals surface area contributed by atoms with Crippen molar-refractivity contribution >= 4 is 5.97 Å². The molecule has 0 N–H and O–H groups in total. The zero-order valence-electron chi connectivity index (χ0n) is 16.6. The van der Waals surface area contributed by atoms with E-state index in [-0.39, 0.29) is 25.1 Å². The van der Waals surface area contributed by atoms with E-state index in [4.69, 9.17) is 9.47 Å². The predicted molar refractivity (Wildman–Crippen MR) is 112 cm³/mol. The third-order valence-electron chi connectivity index (χ3n) is 4.46. The monoisotopic (exact) mass is 403 g/mol. The van der Waals surface area contributed by atoms with Gasteiger partial charge < -0.3 is 9.47 Å². The van der Waals surface area contributed by atoms with Crippen LogP contribution in [0.15, 0.2) is 65.5 Å². The van der Waals surface area contributed by atoms with Gasteiger partial charge in [-0.15, -0.1) is 0 Å². The molecule has 0 bridgehead atoms. The van der Waals surface area contributed by atoms with Crippen LogP contribution in [0.4, 0.5) is 0 Å². The average molecular weight is 403 g/mol. The highest BCUT2D eigenvalue weighted by molar-refractivity contribution is 5.84. The third-order valence-corrected chi connectivity index (χ3v) is 4.46. The lowest BCUT2D eigenvalue weighted by molar-refractivity contribution is -0.145. The first-order valence-corrected chi connectivity index (χ1v) is 9.46. The van der Waals surface area contributed by atoms with Crippen molar-refractivity contribution in [3.05, 3.63) is 76.6 Å². The highest BCUT2D eigenvalue weighted by Gasteiger charge is 2.20. The third kappa shape index (κ3) is 4.80. The molecule has 0 amide bonds. The predicted octanol–water partition coefficient (Wildman–Crippen LogP) is 3.03. The van der Waals surface area contributed by atoms with E-state index < -0.39 is 11.5 Å². The second-order valence-corrected chi connectivity index (χ2v) is 6.43. The Balaban J connectivity index is 2.05. The van der Waals surface area contributed by atoms with E-state index in [9.17, 15) is 14.9 Å². The van der Waals surface area contributed by atoms with Crippen LogP contribution in [0, 0.1) is 11.3 Å². The van der Waals surface area contributed by atoms with Crippen LogP contribution in [0.1, 0.15) is 12.0 Å². The molecule has 0 fully saturated rings. The number of nitriles is 1. The molecule has 0 aliphatic heterocycles. The number of benzene rings is 2. The second-order valence-electron chi connectivity index (χ2n) is 6.43. The van der Waals surface area contributed by atoms with Gasteiger partial charge in [-0.05, 0) is 5.56 Å². The molecule has 1 aromatic heterocycles. The van der Waals surface area contributed by atoms with Gasteiger partial charge in [0.2, 0.25) is 0 Å². The van der Waals surface area contributed by atoms with Crippen molar-refractivity contribution in [2.24, 2.45) is 0 Å². The van der Waals surface area contributed by atoms with Crippen molar-refractivity contribution < 1.29 is 14.3 Å². The second kappa shape index (κ2) is 10.1. The number of carbonyl (C=O) groups excluding carboxylic acids is 1. The van der Waals surface area contributed by atoms with Gasteiger partial charge in [-0.2, -0.15) is 10.4 Å². The van der Waals surface area contributed by atoms with Crippen LogP contribution >= 0.6 is 0 Å². The van der Waals surface area contributed by atoms with Gasteiger partial charge >= 0.3 is 5.97 Å². The highest BCUT2D eigenvalue weighted by Crippen LogP contribution is 2.31. The number of hydrogen-bond donors (Lipinski definition) is 0. The van der Waals surface area contributed by atoms with Crippen LogP contribution < -0.4 is 5.56 Å². The van der Waals surface area contributed by atoms with E-state index in [1.807, 2.05) is 66.7 Å². The minimum Gasteiger partial charge on any atom is -0.463 e. The first-order chi connectivity index (χ1) is 14.7. The van der Waals surface area contributed by atoms with E-state index in [1.54, 1.807) is 0 Å². The number of esters is 1. The Hall–Kier alpha value is -3.76. The number of aryl methyl sites for hydroxylation is 1. The van der Waals surface area contributed by atoms with Crippen LogP contribution in [0.2, 0.25) is 0 Å². The molecular weight excluding hydrogens is 382 g/mol. The summed E-state index contributed by atoms with van der Waals surface area (Å²) in [6.45, 7) is 0.448. The van der Waals surface area contributed by atoms with Crippen LogP contribution in [0.5, 0.6) is 0 Å². The minimum atomic E-state index is -0.541. The van der Waals surface area contributed by atoms with E-state index in [1.165, 1.54) is 7.11 Å². The Morgan fingerprint density at radius 3 is 2.27 bits per heavy atom. The molecule has 2 aromatic carbocycles. The van der Waals surface area contributed by atoms with Gasteiger partial charge in [-0.3, -0.25) is 9.59 Å². The van der Waals surface area contributed by atoms with E-state index in [0.717, 1.165) is 15.8 Å². The van der Waals surface area contributed by atoms with Crippen LogP contribution in [-0.2, 0) is 20.8 Å². The molecular formula is C23H21N3O4. The van der Waals surface area contributed by atoms with E-state index >= 15 is 0 Å². The molecule has 0 spiro atoms. The first-order valence-electron chi connectivity index (χ1n) is 9.46. The lowest BCUT2D eigenvalue weighted by atomic mass is 9.96. The summed E-state index contributed by atoms with van der Waals surface area (Å²) >= 11 is 0. The smallest absolute Gasteiger partial charge is 0.307 e. The fraction of sp³-hybridized carbons (Fsp3) is 0.217. The van der Waals surface area contributed by atoms with E-state index in [0.29, 0.717) is 17.9 Å². The lowest BCUT2D eigenvalue weighted by Crippen LogP contribution is -2.28. The molecule has 152 valence electrons. The first kappa shape index (κ1) is 21.0.